The number of esters is 1. The first kappa shape index (κ1) is 22.8. The molecule has 3 N–H and O–H groups in total. The van der Waals surface area contributed by atoms with Crippen LogP contribution >= 0.6 is 23.1 Å². The van der Waals surface area contributed by atoms with Gasteiger partial charge in [0.1, 0.15) is 24.7 Å². The van der Waals surface area contributed by atoms with E-state index < -0.39 is 18.1 Å². The largest absolute Gasteiger partial charge is 0.464 e. The second-order valence-electron chi connectivity index (χ2n) is 8.10. The van der Waals surface area contributed by atoms with Crippen molar-refractivity contribution in [1.29, 1.82) is 0 Å². The van der Waals surface area contributed by atoms with Crippen molar-refractivity contribution in [2.24, 2.45) is 5.16 Å². The summed E-state index contributed by atoms with van der Waals surface area (Å²) in [4.78, 5) is 40.1. The van der Waals surface area contributed by atoms with Crippen LogP contribution in [0.4, 0.5) is 5.13 Å². The molecule has 0 aromatic carbocycles. The summed E-state index contributed by atoms with van der Waals surface area (Å²) < 4.78 is 5.95. The number of carbonyl (C=O) groups is 2. The van der Waals surface area contributed by atoms with Gasteiger partial charge in [-0.3, -0.25) is 4.79 Å². The number of hydroxylamine groups is 2. The topological polar surface area (TPSA) is 128 Å². The number of quaternary nitrogens is 1. The minimum atomic E-state index is -0.636. The van der Waals surface area contributed by atoms with Gasteiger partial charge in [-0.25, -0.2) is 19.7 Å². The first-order valence-electron chi connectivity index (χ1n) is 10.2. The van der Waals surface area contributed by atoms with Crippen molar-refractivity contribution >= 4 is 45.8 Å². The Morgan fingerprint density at radius 2 is 2.16 bits per heavy atom. The number of hydrogen-bond donors (Lipinski definition) is 2. The molecule has 0 bridgehead atoms. The van der Waals surface area contributed by atoms with Crippen LogP contribution in [-0.2, 0) is 24.0 Å². The number of nitrogen functional groups attached to an aromatic ring is 1. The molecule has 0 saturated carbocycles. The van der Waals surface area contributed by atoms with Crippen LogP contribution in [0.3, 0.4) is 0 Å². The lowest BCUT2D eigenvalue weighted by Crippen LogP contribution is -2.66. The Morgan fingerprint density at radius 1 is 1.41 bits per heavy atom. The van der Waals surface area contributed by atoms with Gasteiger partial charge in [-0.05, 0) is 0 Å². The predicted octanol–water partition coefficient (Wildman–Crippen LogP) is 0.506. The third-order valence-electron chi connectivity index (χ3n) is 5.73. The van der Waals surface area contributed by atoms with E-state index in [1.54, 1.807) is 22.2 Å². The smallest absolute Gasteiger partial charge is 0.356 e. The van der Waals surface area contributed by atoms with Gasteiger partial charge in [0.15, 0.2) is 22.8 Å². The van der Waals surface area contributed by atoms with Crippen molar-refractivity contribution in [2.45, 2.75) is 24.4 Å². The first-order valence-corrected chi connectivity index (χ1v) is 12.1. The summed E-state index contributed by atoms with van der Waals surface area (Å²) in [6, 6.07) is 0. The number of rotatable bonds is 7. The van der Waals surface area contributed by atoms with Gasteiger partial charge in [-0.1, -0.05) is 5.16 Å². The SMILES string of the molecule is CO/N=C(\C(=O)NC1ON2C(C(=O)OC)=C(C[N+]3(C)CCCC3)CSC12)c1csc(N)n1. The Labute approximate surface area is 194 Å². The van der Waals surface area contributed by atoms with Crippen LogP contribution in [0.2, 0.25) is 0 Å². The molecule has 2 atom stereocenters. The van der Waals surface area contributed by atoms with Gasteiger partial charge in [-0.2, -0.15) is 0 Å². The Balaban J connectivity index is 1.48. The summed E-state index contributed by atoms with van der Waals surface area (Å²) in [5.74, 6) is -0.274. The van der Waals surface area contributed by atoms with E-state index >= 15 is 0 Å². The molecule has 0 radical (unpaired) electrons. The number of likely N-dealkylation sites (tertiary alicyclic amines) is 1. The van der Waals surface area contributed by atoms with Crippen LogP contribution in [0.1, 0.15) is 18.5 Å². The van der Waals surface area contributed by atoms with E-state index in [4.69, 9.17) is 20.1 Å². The number of oxime groups is 1. The average molecular weight is 484 g/mol. The highest BCUT2D eigenvalue weighted by atomic mass is 32.2. The number of thiazole rings is 1. The molecule has 2 fully saturated rings. The minimum absolute atomic E-state index is 0.000750. The van der Waals surface area contributed by atoms with Gasteiger partial charge in [0.25, 0.3) is 5.91 Å². The number of nitrogens with zero attached hydrogens (tertiary/aromatic N) is 4. The molecule has 1 amide bonds. The number of ether oxygens (including phenoxy) is 1. The number of aromatic nitrogens is 1. The molecule has 4 heterocycles. The van der Waals surface area contributed by atoms with Crippen molar-refractivity contribution in [1.82, 2.24) is 15.4 Å². The fourth-order valence-corrected chi connectivity index (χ4v) is 5.93. The second kappa shape index (κ2) is 9.25. The zero-order valence-electron chi connectivity index (χ0n) is 18.2. The first-order chi connectivity index (χ1) is 15.3. The van der Waals surface area contributed by atoms with Crippen molar-refractivity contribution in [3.05, 3.63) is 22.3 Å². The molecule has 0 aliphatic carbocycles. The van der Waals surface area contributed by atoms with E-state index in [0.717, 1.165) is 29.7 Å². The Morgan fingerprint density at radius 3 is 2.78 bits per heavy atom. The van der Waals surface area contributed by atoms with E-state index in [9.17, 15) is 9.59 Å². The molecule has 13 heteroatoms. The molecule has 174 valence electrons. The van der Waals surface area contributed by atoms with E-state index in [1.165, 1.54) is 38.4 Å². The number of anilines is 1. The van der Waals surface area contributed by atoms with Gasteiger partial charge in [0.05, 0.1) is 27.2 Å². The summed E-state index contributed by atoms with van der Waals surface area (Å²) in [7, 11) is 4.93. The molecular formula is C19H27N6O5S2+. The number of carbonyl (C=O) groups excluding carboxylic acids is 2. The van der Waals surface area contributed by atoms with E-state index in [1.807, 2.05) is 0 Å². The van der Waals surface area contributed by atoms with Gasteiger partial charge in [0, 0.05) is 29.5 Å². The van der Waals surface area contributed by atoms with Crippen molar-refractivity contribution in [3.8, 4) is 0 Å². The predicted molar refractivity (Wildman–Crippen MR) is 120 cm³/mol. The van der Waals surface area contributed by atoms with Gasteiger partial charge in [-0.15, -0.1) is 23.1 Å². The lowest BCUT2D eigenvalue weighted by atomic mass is 10.1. The van der Waals surface area contributed by atoms with E-state index in [-0.39, 0.29) is 11.1 Å². The Hall–Kier alpha value is -2.35. The Bertz CT molecular complexity index is 958. The maximum atomic E-state index is 12.8. The lowest BCUT2D eigenvalue weighted by molar-refractivity contribution is -0.893. The van der Waals surface area contributed by atoms with Crippen molar-refractivity contribution in [3.63, 3.8) is 0 Å². The van der Waals surface area contributed by atoms with Gasteiger partial charge >= 0.3 is 5.97 Å². The molecule has 4 rings (SSSR count). The highest BCUT2D eigenvalue weighted by Gasteiger charge is 2.50. The number of fused-ring (bicyclic) bond motifs is 1. The maximum Gasteiger partial charge on any atom is 0.356 e. The van der Waals surface area contributed by atoms with Crippen LogP contribution in [0.25, 0.3) is 0 Å². The van der Waals surface area contributed by atoms with E-state index in [0.29, 0.717) is 22.3 Å². The number of hydrogen-bond acceptors (Lipinski definition) is 11. The molecule has 32 heavy (non-hydrogen) atoms. The maximum absolute atomic E-state index is 12.8. The minimum Gasteiger partial charge on any atom is -0.464 e. The number of thioether (sulfide) groups is 1. The zero-order chi connectivity index (χ0) is 22.9. The molecule has 1 aromatic heterocycles. The molecule has 3 aliphatic rings. The third-order valence-corrected chi connectivity index (χ3v) is 7.70. The van der Waals surface area contributed by atoms with Gasteiger partial charge in [0.2, 0.25) is 0 Å². The zero-order valence-corrected chi connectivity index (χ0v) is 19.8. The van der Waals surface area contributed by atoms with Crippen LogP contribution in [0.5, 0.6) is 0 Å². The number of amides is 1. The molecule has 2 unspecified atom stereocenters. The monoisotopic (exact) mass is 483 g/mol. The molecule has 2 saturated heterocycles. The summed E-state index contributed by atoms with van der Waals surface area (Å²) in [6.45, 7) is 2.96. The highest BCUT2D eigenvalue weighted by molar-refractivity contribution is 8.00. The quantitative estimate of drug-likeness (QED) is 0.247. The summed E-state index contributed by atoms with van der Waals surface area (Å²) in [5, 5.41) is 9.82. The second-order valence-corrected chi connectivity index (χ2v) is 10.1. The van der Waals surface area contributed by atoms with Crippen LogP contribution in [0.15, 0.2) is 21.8 Å². The number of likely N-dealkylation sites (N-methyl/N-ethyl adjacent to an activating group) is 1. The van der Waals surface area contributed by atoms with Crippen LogP contribution in [-0.4, -0.2) is 90.4 Å². The highest BCUT2D eigenvalue weighted by Crippen LogP contribution is 2.41. The number of methoxy groups -OCH3 is 1. The summed E-state index contributed by atoms with van der Waals surface area (Å²) in [6.07, 6.45) is 1.75. The number of nitrogens with two attached hydrogens (primary N) is 1. The molecule has 1 aromatic rings. The van der Waals surface area contributed by atoms with Crippen LogP contribution in [0, 0.1) is 0 Å². The molecule has 11 nitrogen and oxygen atoms in total. The molecule has 0 spiro atoms. The normalized spacial score (nSPS) is 24.6. The summed E-state index contributed by atoms with van der Waals surface area (Å²) in [5.41, 5.74) is 7.43. The van der Waals surface area contributed by atoms with Crippen molar-refractivity contribution in [2.75, 3.05) is 52.4 Å². The Kier molecular flexibility index (Phi) is 6.60. The van der Waals surface area contributed by atoms with Gasteiger partial charge < -0.3 is 25.1 Å². The lowest BCUT2D eigenvalue weighted by Gasteiger charge is -2.50. The molecule has 3 aliphatic heterocycles. The third kappa shape index (κ3) is 4.42. The standard InChI is InChI=1S/C19H26N6O5S2/c1-25(6-4-5-7-25)8-11-9-31-17-16(30-24(17)14(11)18(27)28-2)22-15(26)13(23-29-3)12-10-32-19(20)21-12/h10,16-17H,4-9H2,1-3H3,(H2-,20,21,22,26)/p+1/b23-13-. The number of nitrogens with one attached hydrogen (secondary N) is 1. The van der Waals surface area contributed by atoms with Crippen LogP contribution < -0.4 is 11.1 Å². The van der Waals surface area contributed by atoms with E-state index in [2.05, 4.69) is 22.5 Å². The van der Waals surface area contributed by atoms with Crippen molar-refractivity contribution < 1.29 is 28.5 Å². The average Bonchev–Trinajstić information content (AvgIpc) is 3.38. The molecular weight excluding hydrogens is 456 g/mol. The summed E-state index contributed by atoms with van der Waals surface area (Å²) >= 11 is 2.81. The fourth-order valence-electron chi connectivity index (χ4n) is 4.20. The fraction of sp³-hybridized carbons (Fsp3) is 0.579.